The number of piperidine rings is 1. The molecule has 11 heteroatoms. The Bertz CT molecular complexity index is 1170. The summed E-state index contributed by atoms with van der Waals surface area (Å²) in [6.07, 6.45) is 6.20. The molecule has 3 aliphatic rings. The Balaban J connectivity index is 0.00000196. The van der Waals surface area contributed by atoms with E-state index in [2.05, 4.69) is 14.9 Å². The molecule has 0 amide bonds. The van der Waals surface area contributed by atoms with Crippen LogP contribution in [0.25, 0.3) is 0 Å². The van der Waals surface area contributed by atoms with Crippen LogP contribution in [0.4, 0.5) is 4.39 Å². The highest BCUT2D eigenvalue weighted by Gasteiger charge is 2.47. The lowest BCUT2D eigenvalue weighted by molar-refractivity contribution is -0.145. The van der Waals surface area contributed by atoms with E-state index in [-0.39, 0.29) is 66.3 Å². The molecule has 2 aliphatic carbocycles. The summed E-state index contributed by atoms with van der Waals surface area (Å²) >= 11 is 0. The summed E-state index contributed by atoms with van der Waals surface area (Å²) in [7, 11) is 5.71. The first-order chi connectivity index (χ1) is 18.1. The van der Waals surface area contributed by atoms with Crippen molar-refractivity contribution in [1.29, 1.82) is 0 Å². The Kier molecular flexibility index (Phi) is 12.4. The number of likely N-dealkylation sites (N-methyl/N-ethyl adjacent to an activating group) is 1. The first-order valence-electron chi connectivity index (χ1n) is 14.2. The molecule has 7 nitrogen and oxygen atoms in total. The van der Waals surface area contributed by atoms with Gasteiger partial charge in [0.1, 0.15) is 11.9 Å². The number of rotatable bonds is 8. The van der Waals surface area contributed by atoms with Crippen LogP contribution in [-0.4, -0.2) is 76.5 Å². The second-order valence-corrected chi connectivity index (χ2v) is 12.3. The van der Waals surface area contributed by atoms with Crippen molar-refractivity contribution < 1.29 is 19.0 Å². The van der Waals surface area contributed by atoms with Crippen molar-refractivity contribution in [2.75, 3.05) is 33.8 Å². The predicted molar refractivity (Wildman–Crippen MR) is 167 cm³/mol. The maximum Gasteiger partial charge on any atom is 0.321 e. The van der Waals surface area contributed by atoms with Gasteiger partial charge in [0.05, 0.1) is 12.8 Å². The predicted octanol–water partition coefficient (Wildman–Crippen LogP) is 5.72. The molecule has 1 aromatic heterocycles. The van der Waals surface area contributed by atoms with Crippen LogP contribution in [0.1, 0.15) is 68.7 Å². The van der Waals surface area contributed by atoms with Gasteiger partial charge in [0.2, 0.25) is 5.88 Å². The van der Waals surface area contributed by atoms with E-state index in [1.165, 1.54) is 17.3 Å². The van der Waals surface area contributed by atoms with E-state index < -0.39 is 12.0 Å². The molecule has 232 valence electrons. The Morgan fingerprint density at radius 2 is 1.88 bits per heavy atom. The van der Waals surface area contributed by atoms with E-state index >= 15 is 0 Å². The van der Waals surface area contributed by atoms with Gasteiger partial charge in [-0.05, 0) is 94.1 Å². The topological polar surface area (TPSA) is 70.8 Å². The Labute approximate surface area is 262 Å². The molecule has 1 aliphatic heterocycles. The SMILES string of the molecule is COc1nn(C)c2c1CCC21CCN(C[C@H]2C[C@H](N(C)[C@@H](C(=O)O)C(C)C)C[C@@H]2c2cccc(F)c2)CC1.Cl.Cl.Cl. The number of fused-ring (bicyclic) bond motifs is 2. The lowest BCUT2D eigenvalue weighted by Crippen LogP contribution is -2.47. The lowest BCUT2D eigenvalue weighted by atomic mass is 9.75. The van der Waals surface area contributed by atoms with Crippen LogP contribution in [0.2, 0.25) is 0 Å². The molecule has 1 N–H and O–H groups in total. The minimum atomic E-state index is -0.766. The summed E-state index contributed by atoms with van der Waals surface area (Å²) in [5.74, 6) is 0.404. The van der Waals surface area contributed by atoms with E-state index in [0.29, 0.717) is 5.92 Å². The fourth-order valence-corrected chi connectivity index (χ4v) is 7.99. The molecule has 1 saturated heterocycles. The van der Waals surface area contributed by atoms with E-state index in [4.69, 9.17) is 4.74 Å². The number of carboxylic acid groups (broad SMARTS) is 1. The number of methoxy groups -OCH3 is 1. The van der Waals surface area contributed by atoms with Crippen LogP contribution in [0.5, 0.6) is 5.88 Å². The Morgan fingerprint density at radius 1 is 1.20 bits per heavy atom. The van der Waals surface area contributed by atoms with Crippen LogP contribution in [0.3, 0.4) is 0 Å². The summed E-state index contributed by atoms with van der Waals surface area (Å²) in [5.41, 5.74) is 3.87. The molecule has 5 rings (SSSR count). The minimum absolute atomic E-state index is 0. The van der Waals surface area contributed by atoms with Gasteiger partial charge in [0, 0.05) is 30.6 Å². The van der Waals surface area contributed by atoms with Gasteiger partial charge in [-0.15, -0.1) is 42.3 Å². The number of hydrogen-bond donors (Lipinski definition) is 1. The average Bonchev–Trinajstić information content (AvgIpc) is 3.55. The van der Waals surface area contributed by atoms with Crippen molar-refractivity contribution >= 4 is 43.2 Å². The summed E-state index contributed by atoms with van der Waals surface area (Å²) in [6.45, 7) is 6.97. The summed E-state index contributed by atoms with van der Waals surface area (Å²) in [4.78, 5) is 16.7. The van der Waals surface area contributed by atoms with Crippen molar-refractivity contribution in [3.05, 3.63) is 46.9 Å². The fraction of sp³-hybridized carbons (Fsp3) is 0.667. The number of halogens is 4. The molecule has 0 bridgehead atoms. The van der Waals surface area contributed by atoms with Gasteiger partial charge in [-0.25, -0.2) is 4.39 Å². The molecular formula is C30H46Cl3FN4O3. The van der Waals surface area contributed by atoms with Crippen molar-refractivity contribution in [1.82, 2.24) is 19.6 Å². The van der Waals surface area contributed by atoms with Gasteiger partial charge in [0.25, 0.3) is 0 Å². The number of carboxylic acids is 1. The van der Waals surface area contributed by atoms with Crippen molar-refractivity contribution in [2.45, 2.75) is 75.8 Å². The van der Waals surface area contributed by atoms with Gasteiger partial charge < -0.3 is 14.7 Å². The van der Waals surface area contributed by atoms with E-state index in [1.807, 2.05) is 38.7 Å². The van der Waals surface area contributed by atoms with Crippen LogP contribution >= 0.6 is 37.2 Å². The third kappa shape index (κ3) is 6.82. The Hall–Kier alpha value is -1.58. The number of hydrogen-bond acceptors (Lipinski definition) is 5. The monoisotopic (exact) mass is 634 g/mol. The van der Waals surface area contributed by atoms with Crippen molar-refractivity contribution in [2.24, 2.45) is 18.9 Å². The normalized spacial score (nSPS) is 24.0. The zero-order chi connectivity index (χ0) is 27.2. The highest BCUT2D eigenvalue weighted by atomic mass is 35.5. The largest absolute Gasteiger partial charge is 0.480 e. The number of aromatic nitrogens is 2. The molecule has 2 heterocycles. The van der Waals surface area contributed by atoms with E-state index in [1.54, 1.807) is 19.2 Å². The van der Waals surface area contributed by atoms with Gasteiger partial charge in [-0.3, -0.25) is 14.4 Å². The molecular weight excluding hydrogens is 590 g/mol. The van der Waals surface area contributed by atoms with Gasteiger partial charge in [-0.1, -0.05) is 26.0 Å². The van der Waals surface area contributed by atoms with Crippen LogP contribution in [0.15, 0.2) is 24.3 Å². The first kappa shape index (κ1) is 35.6. The maximum absolute atomic E-state index is 14.2. The molecule has 1 spiro atoms. The number of aryl methyl sites for hydroxylation is 1. The quantitative estimate of drug-likeness (QED) is 0.401. The molecule has 0 unspecified atom stereocenters. The number of ether oxygens (including phenoxy) is 1. The van der Waals surface area contributed by atoms with Crippen LogP contribution < -0.4 is 4.74 Å². The number of nitrogens with zero attached hydrogens (tertiary/aromatic N) is 4. The summed E-state index contributed by atoms with van der Waals surface area (Å²) in [6, 6.07) is 6.67. The molecule has 4 atom stereocenters. The van der Waals surface area contributed by atoms with Gasteiger partial charge >= 0.3 is 5.97 Å². The fourth-order valence-electron chi connectivity index (χ4n) is 7.99. The Morgan fingerprint density at radius 3 is 2.46 bits per heavy atom. The summed E-state index contributed by atoms with van der Waals surface area (Å²) in [5, 5.41) is 14.5. The molecule has 2 fully saturated rings. The summed E-state index contributed by atoms with van der Waals surface area (Å²) < 4.78 is 21.8. The minimum Gasteiger partial charge on any atom is -0.480 e. The van der Waals surface area contributed by atoms with E-state index in [9.17, 15) is 14.3 Å². The number of carbonyl (C=O) groups is 1. The second kappa shape index (κ2) is 14.3. The maximum atomic E-state index is 14.2. The zero-order valence-corrected chi connectivity index (χ0v) is 27.2. The van der Waals surface area contributed by atoms with Crippen molar-refractivity contribution in [3.63, 3.8) is 0 Å². The van der Waals surface area contributed by atoms with Crippen LogP contribution in [0, 0.1) is 17.7 Å². The second-order valence-electron chi connectivity index (χ2n) is 12.3. The van der Waals surface area contributed by atoms with Gasteiger partial charge in [0.15, 0.2) is 0 Å². The van der Waals surface area contributed by atoms with Gasteiger partial charge in [-0.2, -0.15) is 0 Å². The zero-order valence-electron chi connectivity index (χ0n) is 24.7. The first-order valence-corrected chi connectivity index (χ1v) is 14.2. The molecule has 2 aromatic rings. The number of benzene rings is 1. The van der Waals surface area contributed by atoms with E-state index in [0.717, 1.165) is 69.6 Å². The standard InChI is InChI=1S/C30H43FN4O3.3ClH/c1-19(2)26(29(36)37)33(3)23-16-21(25(17-23)20-7-6-8-22(31)15-20)18-35-13-11-30(12-14-35)10-9-24-27(30)34(4)32-28(24)38-5;;;/h6-8,15,19,21,23,25-26H,9-14,16-18H2,1-5H3,(H,36,37);3*1H/t21-,23+,25-,26-;;;/m1.../s1. The number of likely N-dealkylation sites (tertiary alicyclic amines) is 1. The number of aliphatic carboxylic acids is 1. The smallest absolute Gasteiger partial charge is 0.321 e. The average molecular weight is 636 g/mol. The van der Waals surface area contributed by atoms with Crippen molar-refractivity contribution in [3.8, 4) is 5.88 Å². The molecule has 0 radical (unpaired) electrons. The highest BCUT2D eigenvalue weighted by Crippen LogP contribution is 2.49. The molecule has 41 heavy (non-hydrogen) atoms. The molecule has 1 saturated carbocycles. The lowest BCUT2D eigenvalue weighted by Gasteiger charge is -2.41. The van der Waals surface area contributed by atoms with Crippen LogP contribution in [-0.2, 0) is 23.7 Å². The molecule has 1 aromatic carbocycles. The third-order valence-electron chi connectivity index (χ3n) is 9.81. The highest BCUT2D eigenvalue weighted by molar-refractivity contribution is 5.86. The third-order valence-corrected chi connectivity index (χ3v) is 9.81.